The van der Waals surface area contributed by atoms with Crippen molar-refractivity contribution in [3.8, 4) is 0 Å². The first kappa shape index (κ1) is 18.7. The lowest BCUT2D eigenvalue weighted by Crippen LogP contribution is -2.31. The van der Waals surface area contributed by atoms with Crippen molar-refractivity contribution in [1.29, 1.82) is 0 Å². The molecule has 140 valence electrons. The standard InChI is InChI=1S/C17H19F2N5O.ClH/c1-10-16(21-22-24(10)12-2-5-20-6-3-12)17(25)23-7-4-13-14(19)8-11(18)9-15(13)23;/h8-9,12,20H,2-7H2,1H3;1H. The summed E-state index contributed by atoms with van der Waals surface area (Å²) in [5.41, 5.74) is 1.61. The number of piperidine rings is 1. The van der Waals surface area contributed by atoms with Crippen LogP contribution in [0.2, 0.25) is 0 Å². The number of nitrogens with zero attached hydrogens (tertiary/aromatic N) is 4. The summed E-state index contributed by atoms with van der Waals surface area (Å²) < 4.78 is 29.3. The second-order valence-corrected chi connectivity index (χ2v) is 6.54. The van der Waals surface area contributed by atoms with E-state index in [4.69, 9.17) is 0 Å². The van der Waals surface area contributed by atoms with Crippen LogP contribution >= 0.6 is 12.4 Å². The van der Waals surface area contributed by atoms with Gasteiger partial charge in [0.15, 0.2) is 5.69 Å². The monoisotopic (exact) mass is 383 g/mol. The van der Waals surface area contributed by atoms with Gasteiger partial charge in [-0.05, 0) is 45.3 Å². The predicted octanol–water partition coefficient (Wildman–Crippen LogP) is 2.41. The van der Waals surface area contributed by atoms with E-state index in [1.807, 2.05) is 6.92 Å². The maximum atomic E-state index is 13.9. The van der Waals surface area contributed by atoms with Crippen molar-refractivity contribution in [2.75, 3.05) is 24.5 Å². The molecule has 3 heterocycles. The minimum Gasteiger partial charge on any atom is -0.317 e. The molecule has 1 fully saturated rings. The van der Waals surface area contributed by atoms with Crippen LogP contribution in [0.25, 0.3) is 0 Å². The first-order valence-corrected chi connectivity index (χ1v) is 8.48. The number of carbonyl (C=O) groups is 1. The summed E-state index contributed by atoms with van der Waals surface area (Å²) >= 11 is 0. The summed E-state index contributed by atoms with van der Waals surface area (Å²) in [6, 6.07) is 2.28. The largest absolute Gasteiger partial charge is 0.317 e. The Morgan fingerprint density at radius 3 is 2.73 bits per heavy atom. The van der Waals surface area contributed by atoms with Gasteiger partial charge in [0.1, 0.15) is 11.6 Å². The highest BCUT2D eigenvalue weighted by atomic mass is 35.5. The highest BCUT2D eigenvalue weighted by Gasteiger charge is 2.32. The Morgan fingerprint density at radius 2 is 2.00 bits per heavy atom. The normalized spacial score (nSPS) is 17.1. The molecular weight excluding hydrogens is 364 g/mol. The van der Waals surface area contributed by atoms with E-state index in [2.05, 4.69) is 15.6 Å². The Balaban J connectivity index is 0.00000196. The van der Waals surface area contributed by atoms with Crippen molar-refractivity contribution in [2.24, 2.45) is 0 Å². The van der Waals surface area contributed by atoms with Gasteiger partial charge in [-0.1, -0.05) is 5.21 Å². The second kappa shape index (κ2) is 7.28. The molecule has 1 N–H and O–H groups in total. The zero-order chi connectivity index (χ0) is 17.6. The van der Waals surface area contributed by atoms with Crippen molar-refractivity contribution in [2.45, 2.75) is 32.2 Å². The van der Waals surface area contributed by atoms with Gasteiger partial charge in [0.05, 0.1) is 17.4 Å². The molecule has 0 unspecified atom stereocenters. The highest BCUT2D eigenvalue weighted by molar-refractivity contribution is 6.06. The van der Waals surface area contributed by atoms with E-state index in [9.17, 15) is 13.6 Å². The zero-order valence-corrected chi connectivity index (χ0v) is 15.2. The summed E-state index contributed by atoms with van der Waals surface area (Å²) in [5, 5.41) is 11.5. The molecule has 26 heavy (non-hydrogen) atoms. The zero-order valence-electron chi connectivity index (χ0n) is 14.3. The minimum atomic E-state index is -0.689. The molecule has 2 aliphatic heterocycles. The second-order valence-electron chi connectivity index (χ2n) is 6.54. The number of aromatic nitrogens is 3. The lowest BCUT2D eigenvalue weighted by molar-refractivity contribution is 0.0984. The molecule has 6 nitrogen and oxygen atoms in total. The van der Waals surface area contributed by atoms with Crippen LogP contribution in [-0.2, 0) is 6.42 Å². The average molecular weight is 384 g/mol. The minimum absolute atomic E-state index is 0. The molecule has 1 aromatic heterocycles. The summed E-state index contributed by atoms with van der Waals surface area (Å²) in [7, 11) is 0. The van der Waals surface area contributed by atoms with Crippen LogP contribution in [0, 0.1) is 18.6 Å². The number of fused-ring (bicyclic) bond motifs is 1. The maximum absolute atomic E-state index is 13.9. The summed E-state index contributed by atoms with van der Waals surface area (Å²) in [4.78, 5) is 14.3. The van der Waals surface area contributed by atoms with Crippen molar-refractivity contribution in [1.82, 2.24) is 20.3 Å². The number of hydrogen-bond donors (Lipinski definition) is 1. The van der Waals surface area contributed by atoms with Gasteiger partial charge in [-0.2, -0.15) is 0 Å². The number of anilines is 1. The third-order valence-corrected chi connectivity index (χ3v) is 5.04. The van der Waals surface area contributed by atoms with Crippen LogP contribution in [0.3, 0.4) is 0 Å². The number of hydrogen-bond acceptors (Lipinski definition) is 4. The molecule has 2 aliphatic rings. The van der Waals surface area contributed by atoms with Gasteiger partial charge in [-0.25, -0.2) is 13.5 Å². The molecule has 1 aromatic carbocycles. The van der Waals surface area contributed by atoms with Gasteiger partial charge < -0.3 is 10.2 Å². The molecule has 0 atom stereocenters. The molecule has 4 rings (SSSR count). The van der Waals surface area contributed by atoms with E-state index in [1.54, 1.807) is 4.68 Å². The Labute approximate surface area is 156 Å². The molecule has 0 radical (unpaired) electrons. The van der Waals surface area contributed by atoms with Gasteiger partial charge in [-0.3, -0.25) is 4.79 Å². The van der Waals surface area contributed by atoms with Crippen molar-refractivity contribution in [3.63, 3.8) is 0 Å². The van der Waals surface area contributed by atoms with Crippen LogP contribution in [0.15, 0.2) is 12.1 Å². The molecule has 9 heteroatoms. The van der Waals surface area contributed by atoms with Gasteiger partial charge in [0, 0.05) is 18.2 Å². The number of halogens is 3. The van der Waals surface area contributed by atoms with Crippen molar-refractivity contribution < 1.29 is 13.6 Å². The Morgan fingerprint density at radius 1 is 1.27 bits per heavy atom. The molecule has 2 aromatic rings. The fourth-order valence-corrected chi connectivity index (χ4v) is 3.70. The number of nitrogens with one attached hydrogen (secondary N) is 1. The Kier molecular flexibility index (Phi) is 5.24. The predicted molar refractivity (Wildman–Crippen MR) is 94.9 cm³/mol. The smallest absolute Gasteiger partial charge is 0.280 e. The Bertz CT molecular complexity index is 835. The van der Waals surface area contributed by atoms with E-state index in [-0.39, 0.29) is 30.0 Å². The summed E-state index contributed by atoms with van der Waals surface area (Å²) in [6.45, 7) is 3.95. The van der Waals surface area contributed by atoms with Crippen molar-refractivity contribution in [3.05, 3.63) is 40.7 Å². The molecule has 0 saturated carbocycles. The molecular formula is C17H20ClF2N5O. The third-order valence-electron chi connectivity index (χ3n) is 5.04. The van der Waals surface area contributed by atoms with Crippen molar-refractivity contribution >= 4 is 24.0 Å². The number of carbonyl (C=O) groups excluding carboxylic acids is 1. The van der Waals surface area contributed by atoms with E-state index >= 15 is 0 Å². The number of benzene rings is 1. The molecule has 0 bridgehead atoms. The topological polar surface area (TPSA) is 63.1 Å². The van der Waals surface area contributed by atoms with E-state index in [0.717, 1.165) is 32.0 Å². The summed E-state index contributed by atoms with van der Waals surface area (Å²) in [6.07, 6.45) is 2.23. The first-order chi connectivity index (χ1) is 12.1. The molecule has 0 aliphatic carbocycles. The van der Waals surface area contributed by atoms with Gasteiger partial charge >= 0.3 is 0 Å². The van der Waals surface area contributed by atoms with Crippen LogP contribution < -0.4 is 10.2 Å². The van der Waals surface area contributed by atoms with E-state index in [1.165, 1.54) is 11.0 Å². The average Bonchev–Trinajstić information content (AvgIpc) is 3.19. The fraction of sp³-hybridized carbons (Fsp3) is 0.471. The first-order valence-electron chi connectivity index (χ1n) is 8.48. The maximum Gasteiger partial charge on any atom is 0.280 e. The van der Waals surface area contributed by atoms with Gasteiger partial charge in [0.25, 0.3) is 5.91 Å². The third kappa shape index (κ3) is 3.07. The van der Waals surface area contributed by atoms with Gasteiger partial charge in [0.2, 0.25) is 0 Å². The van der Waals surface area contributed by atoms with Crippen LogP contribution in [0.4, 0.5) is 14.5 Å². The van der Waals surface area contributed by atoms with E-state index in [0.29, 0.717) is 29.9 Å². The van der Waals surface area contributed by atoms with Crippen LogP contribution in [0.5, 0.6) is 0 Å². The van der Waals surface area contributed by atoms with E-state index < -0.39 is 11.6 Å². The molecule has 1 amide bonds. The van der Waals surface area contributed by atoms with Gasteiger partial charge in [-0.15, -0.1) is 17.5 Å². The number of rotatable bonds is 2. The fourth-order valence-electron chi connectivity index (χ4n) is 3.70. The lowest BCUT2D eigenvalue weighted by Gasteiger charge is -2.23. The quantitative estimate of drug-likeness (QED) is 0.865. The SMILES string of the molecule is Cc1c(C(=O)N2CCc3c(F)cc(F)cc32)nnn1C1CCNCC1.Cl. The van der Waals surface area contributed by atoms with Crippen LogP contribution in [-0.4, -0.2) is 40.5 Å². The highest BCUT2D eigenvalue weighted by Crippen LogP contribution is 2.32. The number of amides is 1. The van der Waals surface area contributed by atoms with Crippen LogP contribution in [0.1, 0.15) is 40.6 Å². The lowest BCUT2D eigenvalue weighted by atomic mass is 10.1. The molecule has 0 spiro atoms. The summed E-state index contributed by atoms with van der Waals surface area (Å²) in [5.74, 6) is -1.66. The molecule has 1 saturated heterocycles. The Hall–Kier alpha value is -2.06.